The number of carbonyl (C=O) groups is 3. The van der Waals surface area contributed by atoms with Crippen LogP contribution in [0.15, 0.2) is 41.0 Å². The van der Waals surface area contributed by atoms with Gasteiger partial charge in [0.1, 0.15) is 5.76 Å². The predicted octanol–water partition coefficient (Wildman–Crippen LogP) is 2.92. The standard InChI is InChI=1S/C19H19ClN2O5/c1-12(18(24)21-11-14-4-3-9-26-14)27-19(25)13-6-7-15(20)16(10-13)22-8-2-5-17(22)23/h3-4,6-7,9-10,12H,2,5,8,11H2,1H3,(H,21,24)/t12-/m0/s1. The summed E-state index contributed by atoms with van der Waals surface area (Å²) in [5.41, 5.74) is 0.698. The Labute approximate surface area is 161 Å². The van der Waals surface area contributed by atoms with E-state index in [9.17, 15) is 14.4 Å². The van der Waals surface area contributed by atoms with Crippen molar-refractivity contribution in [2.75, 3.05) is 11.4 Å². The highest BCUT2D eigenvalue weighted by Gasteiger charge is 2.25. The van der Waals surface area contributed by atoms with Crippen LogP contribution in [0.1, 0.15) is 35.9 Å². The van der Waals surface area contributed by atoms with Crippen molar-refractivity contribution in [1.82, 2.24) is 5.32 Å². The van der Waals surface area contributed by atoms with E-state index in [0.29, 0.717) is 29.4 Å². The van der Waals surface area contributed by atoms with Crippen LogP contribution in [-0.4, -0.2) is 30.4 Å². The summed E-state index contributed by atoms with van der Waals surface area (Å²) in [5, 5.41) is 3.01. The summed E-state index contributed by atoms with van der Waals surface area (Å²) in [7, 11) is 0. The molecule has 1 aliphatic heterocycles. The molecule has 1 atom stereocenters. The highest BCUT2D eigenvalue weighted by Crippen LogP contribution is 2.30. The van der Waals surface area contributed by atoms with Gasteiger partial charge in [0, 0.05) is 13.0 Å². The van der Waals surface area contributed by atoms with Gasteiger partial charge in [-0.3, -0.25) is 9.59 Å². The van der Waals surface area contributed by atoms with Crippen LogP contribution < -0.4 is 10.2 Å². The molecule has 1 aromatic heterocycles. The van der Waals surface area contributed by atoms with Crippen molar-refractivity contribution in [1.29, 1.82) is 0 Å². The van der Waals surface area contributed by atoms with Crippen LogP contribution in [0.25, 0.3) is 0 Å². The number of hydrogen-bond donors (Lipinski definition) is 1. The number of hydrogen-bond acceptors (Lipinski definition) is 5. The zero-order valence-corrected chi connectivity index (χ0v) is 15.5. The van der Waals surface area contributed by atoms with Crippen molar-refractivity contribution in [3.63, 3.8) is 0 Å². The number of nitrogens with zero attached hydrogens (tertiary/aromatic N) is 1. The molecule has 1 saturated heterocycles. The molecule has 1 N–H and O–H groups in total. The van der Waals surface area contributed by atoms with Gasteiger partial charge in [-0.1, -0.05) is 11.6 Å². The first-order valence-corrected chi connectivity index (χ1v) is 8.94. The fraction of sp³-hybridized carbons (Fsp3) is 0.316. The second-order valence-electron chi connectivity index (χ2n) is 6.16. The van der Waals surface area contributed by atoms with Gasteiger partial charge in [0.15, 0.2) is 6.10 Å². The van der Waals surface area contributed by atoms with Gasteiger partial charge in [0.05, 0.1) is 29.1 Å². The summed E-state index contributed by atoms with van der Waals surface area (Å²) in [6, 6.07) is 8.00. The summed E-state index contributed by atoms with van der Waals surface area (Å²) in [4.78, 5) is 37.9. The number of halogens is 1. The second kappa shape index (κ2) is 8.26. The number of nitrogens with one attached hydrogen (secondary N) is 1. The van der Waals surface area contributed by atoms with Gasteiger partial charge < -0.3 is 19.4 Å². The number of furan rings is 1. The highest BCUT2D eigenvalue weighted by molar-refractivity contribution is 6.34. The number of amides is 2. The van der Waals surface area contributed by atoms with Gasteiger partial charge in [0.2, 0.25) is 5.91 Å². The minimum absolute atomic E-state index is 0.0342. The molecule has 0 saturated carbocycles. The van der Waals surface area contributed by atoms with E-state index < -0.39 is 18.0 Å². The lowest BCUT2D eigenvalue weighted by atomic mass is 10.2. The molecule has 0 aliphatic carbocycles. The van der Waals surface area contributed by atoms with Crippen LogP contribution in [0.4, 0.5) is 5.69 Å². The second-order valence-corrected chi connectivity index (χ2v) is 6.57. The molecule has 2 aromatic rings. The van der Waals surface area contributed by atoms with Gasteiger partial charge >= 0.3 is 5.97 Å². The normalized spacial score (nSPS) is 14.9. The van der Waals surface area contributed by atoms with E-state index in [1.165, 1.54) is 25.3 Å². The first kappa shape index (κ1) is 19.0. The van der Waals surface area contributed by atoms with Gasteiger partial charge in [-0.2, -0.15) is 0 Å². The Morgan fingerprint density at radius 2 is 2.19 bits per heavy atom. The van der Waals surface area contributed by atoms with Crippen molar-refractivity contribution in [3.8, 4) is 0 Å². The van der Waals surface area contributed by atoms with E-state index in [4.69, 9.17) is 20.8 Å². The zero-order chi connectivity index (χ0) is 19.4. The molecule has 0 radical (unpaired) electrons. The van der Waals surface area contributed by atoms with E-state index in [2.05, 4.69) is 5.32 Å². The van der Waals surface area contributed by atoms with E-state index in [-0.39, 0.29) is 18.0 Å². The fourth-order valence-electron chi connectivity index (χ4n) is 2.76. The Balaban J connectivity index is 1.63. The number of rotatable bonds is 6. The number of anilines is 1. The minimum atomic E-state index is -0.986. The van der Waals surface area contributed by atoms with E-state index in [1.807, 2.05) is 0 Å². The Kier molecular flexibility index (Phi) is 5.81. The summed E-state index contributed by atoms with van der Waals surface area (Å²) >= 11 is 6.17. The number of ether oxygens (including phenoxy) is 1. The first-order chi connectivity index (χ1) is 13.0. The summed E-state index contributed by atoms with van der Waals surface area (Å²) in [6.07, 6.45) is 1.72. The topological polar surface area (TPSA) is 88.8 Å². The van der Waals surface area contributed by atoms with Crippen molar-refractivity contribution < 1.29 is 23.5 Å². The van der Waals surface area contributed by atoms with E-state index in [1.54, 1.807) is 23.1 Å². The third-order valence-electron chi connectivity index (χ3n) is 4.22. The molecular formula is C19H19ClN2O5. The summed E-state index contributed by atoms with van der Waals surface area (Å²) in [6.45, 7) is 2.24. The Hall–Kier alpha value is -2.80. The van der Waals surface area contributed by atoms with Gasteiger partial charge in [-0.15, -0.1) is 0 Å². The minimum Gasteiger partial charge on any atom is -0.467 e. The van der Waals surface area contributed by atoms with Crippen molar-refractivity contribution in [3.05, 3.63) is 52.9 Å². The van der Waals surface area contributed by atoms with Crippen LogP contribution in [0, 0.1) is 0 Å². The molecular weight excluding hydrogens is 372 g/mol. The molecule has 0 spiro atoms. The first-order valence-electron chi connectivity index (χ1n) is 8.56. The molecule has 1 fully saturated rings. The number of esters is 1. The van der Waals surface area contributed by atoms with Crippen LogP contribution in [-0.2, 0) is 20.9 Å². The van der Waals surface area contributed by atoms with Crippen LogP contribution >= 0.6 is 11.6 Å². The zero-order valence-electron chi connectivity index (χ0n) is 14.7. The van der Waals surface area contributed by atoms with Crippen molar-refractivity contribution in [2.45, 2.75) is 32.4 Å². The number of carbonyl (C=O) groups excluding carboxylic acids is 3. The Morgan fingerprint density at radius 1 is 1.37 bits per heavy atom. The Morgan fingerprint density at radius 3 is 2.85 bits per heavy atom. The third kappa shape index (κ3) is 4.49. The molecule has 1 aliphatic rings. The van der Waals surface area contributed by atoms with Crippen molar-refractivity contribution >= 4 is 35.1 Å². The van der Waals surface area contributed by atoms with Crippen LogP contribution in [0.2, 0.25) is 5.02 Å². The summed E-state index contributed by atoms with van der Waals surface area (Å²) in [5.74, 6) is -0.545. The fourth-order valence-corrected chi connectivity index (χ4v) is 2.98. The molecule has 7 nitrogen and oxygen atoms in total. The maximum absolute atomic E-state index is 12.4. The lowest BCUT2D eigenvalue weighted by Crippen LogP contribution is -2.35. The largest absolute Gasteiger partial charge is 0.467 e. The van der Waals surface area contributed by atoms with Gasteiger partial charge in [0.25, 0.3) is 5.91 Å². The highest BCUT2D eigenvalue weighted by atomic mass is 35.5. The Bertz CT molecular complexity index is 850. The molecule has 142 valence electrons. The average molecular weight is 391 g/mol. The number of benzene rings is 1. The van der Waals surface area contributed by atoms with Crippen molar-refractivity contribution in [2.24, 2.45) is 0 Å². The monoisotopic (exact) mass is 390 g/mol. The lowest BCUT2D eigenvalue weighted by molar-refractivity contribution is -0.129. The molecule has 2 heterocycles. The molecule has 0 bridgehead atoms. The maximum Gasteiger partial charge on any atom is 0.338 e. The smallest absolute Gasteiger partial charge is 0.338 e. The van der Waals surface area contributed by atoms with Gasteiger partial charge in [-0.25, -0.2) is 4.79 Å². The molecule has 27 heavy (non-hydrogen) atoms. The summed E-state index contributed by atoms with van der Waals surface area (Å²) < 4.78 is 10.4. The predicted molar refractivity (Wildman–Crippen MR) is 98.5 cm³/mol. The third-order valence-corrected chi connectivity index (χ3v) is 4.54. The lowest BCUT2D eigenvalue weighted by Gasteiger charge is -2.18. The average Bonchev–Trinajstić information content (AvgIpc) is 3.31. The quantitative estimate of drug-likeness (QED) is 0.766. The van der Waals surface area contributed by atoms with Crippen LogP contribution in [0.3, 0.4) is 0 Å². The molecule has 3 rings (SSSR count). The van der Waals surface area contributed by atoms with Crippen LogP contribution in [0.5, 0.6) is 0 Å². The van der Waals surface area contributed by atoms with E-state index >= 15 is 0 Å². The van der Waals surface area contributed by atoms with Gasteiger partial charge in [-0.05, 0) is 43.7 Å². The molecule has 0 unspecified atom stereocenters. The molecule has 8 heteroatoms. The molecule has 2 amide bonds. The SMILES string of the molecule is C[C@H](OC(=O)c1ccc(Cl)c(N2CCCC2=O)c1)C(=O)NCc1ccco1. The van der Waals surface area contributed by atoms with E-state index in [0.717, 1.165) is 6.42 Å². The maximum atomic E-state index is 12.4. The molecule has 1 aromatic carbocycles.